The Bertz CT molecular complexity index is 410. The van der Waals surface area contributed by atoms with Gasteiger partial charge in [0, 0.05) is 12.2 Å². The fourth-order valence-electron chi connectivity index (χ4n) is 1.12. The summed E-state index contributed by atoms with van der Waals surface area (Å²) >= 11 is 0. The van der Waals surface area contributed by atoms with Gasteiger partial charge in [-0.15, -0.1) is 0 Å². The summed E-state index contributed by atoms with van der Waals surface area (Å²) in [7, 11) is 0. The zero-order chi connectivity index (χ0) is 12.0. The van der Waals surface area contributed by atoms with Crippen LogP contribution in [0, 0.1) is 11.8 Å². The molecule has 4 nitrogen and oxygen atoms in total. The van der Waals surface area contributed by atoms with Gasteiger partial charge >= 0.3 is 5.97 Å². The molecule has 1 aromatic rings. The molecule has 4 heteroatoms. The summed E-state index contributed by atoms with van der Waals surface area (Å²) in [6, 6.07) is 0.320. The second-order valence-corrected chi connectivity index (χ2v) is 3.59. The van der Waals surface area contributed by atoms with Gasteiger partial charge in [-0.3, -0.25) is 9.48 Å². The molecular weight excluding hydrogens is 204 g/mol. The van der Waals surface area contributed by atoms with E-state index >= 15 is 0 Å². The van der Waals surface area contributed by atoms with Gasteiger partial charge in [-0.2, -0.15) is 5.10 Å². The highest BCUT2D eigenvalue weighted by Gasteiger charge is 1.99. The summed E-state index contributed by atoms with van der Waals surface area (Å²) in [5.41, 5.74) is 0.818. The maximum atomic E-state index is 11.0. The molecule has 0 spiro atoms. The van der Waals surface area contributed by atoms with Crippen molar-refractivity contribution < 1.29 is 9.53 Å². The number of carbonyl (C=O) groups excluding carboxylic acids is 1. The predicted molar refractivity (Wildman–Crippen MR) is 60.7 cm³/mol. The maximum absolute atomic E-state index is 11.0. The van der Waals surface area contributed by atoms with E-state index in [0.717, 1.165) is 5.56 Å². The monoisotopic (exact) mass is 220 g/mol. The first kappa shape index (κ1) is 12.3. The molecule has 0 atom stereocenters. The van der Waals surface area contributed by atoms with E-state index in [4.69, 9.17) is 4.74 Å². The number of carbonyl (C=O) groups is 1. The van der Waals surface area contributed by atoms with Crippen molar-refractivity contribution >= 4 is 5.97 Å². The topological polar surface area (TPSA) is 44.1 Å². The second-order valence-electron chi connectivity index (χ2n) is 3.59. The van der Waals surface area contributed by atoms with Crippen molar-refractivity contribution in [2.24, 2.45) is 0 Å². The van der Waals surface area contributed by atoms with Crippen LogP contribution in [-0.2, 0) is 9.53 Å². The smallest absolute Gasteiger partial charge is 0.317 e. The molecule has 0 fully saturated rings. The van der Waals surface area contributed by atoms with Gasteiger partial charge in [0.2, 0.25) is 0 Å². The summed E-state index contributed by atoms with van der Waals surface area (Å²) in [6.45, 7) is 6.26. The Morgan fingerprint density at radius 3 is 2.94 bits per heavy atom. The number of hydrogen-bond donors (Lipinski definition) is 0. The van der Waals surface area contributed by atoms with Crippen molar-refractivity contribution in [1.82, 2.24) is 9.78 Å². The van der Waals surface area contributed by atoms with Crippen molar-refractivity contribution in [2.75, 3.05) is 6.61 Å². The van der Waals surface area contributed by atoms with Crippen LogP contribution in [0.1, 0.15) is 38.8 Å². The number of esters is 1. The van der Waals surface area contributed by atoms with Crippen LogP contribution in [0.3, 0.4) is 0 Å². The van der Waals surface area contributed by atoms with Crippen LogP contribution in [0.5, 0.6) is 0 Å². The minimum Gasteiger partial charge on any atom is -0.465 e. The van der Waals surface area contributed by atoms with Crippen molar-refractivity contribution in [3.63, 3.8) is 0 Å². The van der Waals surface area contributed by atoms with Crippen molar-refractivity contribution in [1.29, 1.82) is 0 Å². The molecule has 0 amide bonds. The number of nitrogens with zero attached hydrogens (tertiary/aromatic N) is 2. The highest BCUT2D eigenvalue weighted by molar-refractivity contribution is 5.72. The van der Waals surface area contributed by atoms with Crippen LogP contribution in [0.15, 0.2) is 12.4 Å². The Kier molecular flexibility index (Phi) is 4.59. The molecule has 0 radical (unpaired) electrons. The minimum absolute atomic E-state index is 0.126. The number of aromatic nitrogens is 2. The van der Waals surface area contributed by atoms with Crippen LogP contribution >= 0.6 is 0 Å². The lowest BCUT2D eigenvalue weighted by Gasteiger charge is -2.02. The molecule has 1 rings (SSSR count). The molecule has 0 aliphatic rings. The molecule has 0 unspecified atom stereocenters. The van der Waals surface area contributed by atoms with Gasteiger partial charge in [-0.05, 0) is 20.8 Å². The molecule has 1 aromatic heterocycles. The highest BCUT2D eigenvalue weighted by Crippen LogP contribution is 2.03. The molecule has 16 heavy (non-hydrogen) atoms. The van der Waals surface area contributed by atoms with Crippen LogP contribution in [0.25, 0.3) is 0 Å². The lowest BCUT2D eigenvalue weighted by atomic mass is 10.3. The van der Waals surface area contributed by atoms with Crippen molar-refractivity contribution in [3.8, 4) is 11.8 Å². The zero-order valence-electron chi connectivity index (χ0n) is 9.86. The van der Waals surface area contributed by atoms with E-state index in [0.29, 0.717) is 12.6 Å². The van der Waals surface area contributed by atoms with E-state index in [1.54, 1.807) is 13.1 Å². The molecular formula is C12H16N2O2. The first-order valence-electron chi connectivity index (χ1n) is 5.32. The average Bonchev–Trinajstić information content (AvgIpc) is 2.67. The third kappa shape index (κ3) is 3.77. The average molecular weight is 220 g/mol. The van der Waals surface area contributed by atoms with Crippen molar-refractivity contribution in [2.45, 2.75) is 33.2 Å². The van der Waals surface area contributed by atoms with E-state index in [-0.39, 0.29) is 12.4 Å². The quantitative estimate of drug-likeness (QED) is 0.576. The van der Waals surface area contributed by atoms with E-state index in [9.17, 15) is 4.79 Å². The molecule has 0 aromatic carbocycles. The van der Waals surface area contributed by atoms with Gasteiger partial charge in [-0.1, -0.05) is 11.8 Å². The maximum Gasteiger partial charge on any atom is 0.317 e. The molecule has 0 aliphatic heterocycles. The van der Waals surface area contributed by atoms with Gasteiger partial charge < -0.3 is 4.74 Å². The van der Waals surface area contributed by atoms with Crippen LogP contribution in [-0.4, -0.2) is 22.4 Å². The van der Waals surface area contributed by atoms with E-state index < -0.39 is 0 Å². The lowest BCUT2D eigenvalue weighted by Crippen LogP contribution is -2.01. The van der Waals surface area contributed by atoms with Gasteiger partial charge in [-0.25, -0.2) is 0 Å². The SMILES string of the molecule is CCOC(=O)CC#Cc1cnn(C(C)C)c1. The molecule has 0 saturated heterocycles. The van der Waals surface area contributed by atoms with Gasteiger partial charge in [0.15, 0.2) is 0 Å². The molecule has 0 bridgehead atoms. The van der Waals surface area contributed by atoms with Gasteiger partial charge in [0.25, 0.3) is 0 Å². The summed E-state index contributed by atoms with van der Waals surface area (Å²) in [4.78, 5) is 11.0. The molecule has 0 saturated carbocycles. The van der Waals surface area contributed by atoms with Gasteiger partial charge in [0.05, 0.1) is 18.4 Å². The summed E-state index contributed by atoms with van der Waals surface area (Å²) in [5, 5.41) is 4.15. The Balaban J connectivity index is 2.53. The van der Waals surface area contributed by atoms with E-state index in [1.165, 1.54) is 0 Å². The second kappa shape index (κ2) is 5.96. The largest absolute Gasteiger partial charge is 0.465 e. The number of hydrogen-bond acceptors (Lipinski definition) is 3. The normalized spacial score (nSPS) is 9.75. The lowest BCUT2D eigenvalue weighted by molar-refractivity contribution is -0.141. The third-order valence-corrected chi connectivity index (χ3v) is 1.90. The van der Waals surface area contributed by atoms with Crippen molar-refractivity contribution in [3.05, 3.63) is 18.0 Å². The van der Waals surface area contributed by atoms with Gasteiger partial charge in [0.1, 0.15) is 6.42 Å². The van der Waals surface area contributed by atoms with Crippen LogP contribution in [0.2, 0.25) is 0 Å². The zero-order valence-corrected chi connectivity index (χ0v) is 9.86. The minimum atomic E-state index is -0.286. The Hall–Kier alpha value is -1.76. The molecule has 0 N–H and O–H groups in total. The Morgan fingerprint density at radius 2 is 2.38 bits per heavy atom. The molecule has 86 valence electrons. The molecule has 0 aliphatic carbocycles. The summed E-state index contributed by atoms with van der Waals surface area (Å²) in [5.74, 6) is 5.35. The Labute approximate surface area is 95.6 Å². The van der Waals surface area contributed by atoms with E-state index in [2.05, 4.69) is 16.9 Å². The first-order valence-corrected chi connectivity index (χ1v) is 5.32. The summed E-state index contributed by atoms with van der Waals surface area (Å²) in [6.07, 6.45) is 3.68. The molecule has 1 heterocycles. The number of ether oxygens (including phenoxy) is 1. The predicted octanol–water partition coefficient (Wildman–Crippen LogP) is 1.77. The van der Waals surface area contributed by atoms with Crippen LogP contribution < -0.4 is 0 Å². The Morgan fingerprint density at radius 1 is 1.62 bits per heavy atom. The highest BCUT2D eigenvalue weighted by atomic mass is 16.5. The van der Waals surface area contributed by atoms with Crippen LogP contribution in [0.4, 0.5) is 0 Å². The third-order valence-electron chi connectivity index (χ3n) is 1.90. The number of rotatable bonds is 3. The summed E-state index contributed by atoms with van der Waals surface area (Å²) < 4.78 is 6.59. The first-order chi connectivity index (χ1) is 7.63. The standard InChI is InChI=1S/C12H16N2O2/c1-4-16-12(15)7-5-6-11-8-13-14(9-11)10(2)3/h8-10H,4,7H2,1-3H3. The van der Waals surface area contributed by atoms with E-state index in [1.807, 2.05) is 24.7 Å². The fraction of sp³-hybridized carbons (Fsp3) is 0.500. The fourth-order valence-corrected chi connectivity index (χ4v) is 1.12.